The number of thiophene rings is 1. The van der Waals surface area contributed by atoms with E-state index in [1.54, 1.807) is 19.1 Å². The number of fused-ring (bicyclic) bond motifs is 1. The molecule has 1 aliphatic heterocycles. The molecule has 0 spiro atoms. The van der Waals surface area contributed by atoms with Crippen molar-refractivity contribution in [2.24, 2.45) is 0 Å². The summed E-state index contributed by atoms with van der Waals surface area (Å²) in [6.45, 7) is 3.09. The molecule has 1 fully saturated rings. The van der Waals surface area contributed by atoms with Gasteiger partial charge >= 0.3 is 5.97 Å². The summed E-state index contributed by atoms with van der Waals surface area (Å²) in [5.41, 5.74) is 0.480. The largest absolute Gasteiger partial charge is 0.448 e. The summed E-state index contributed by atoms with van der Waals surface area (Å²) < 4.78 is 43.1. The molecule has 6 nitrogen and oxygen atoms in total. The van der Waals surface area contributed by atoms with Crippen LogP contribution >= 0.6 is 11.3 Å². The van der Waals surface area contributed by atoms with Gasteiger partial charge in [0, 0.05) is 23.2 Å². The summed E-state index contributed by atoms with van der Waals surface area (Å²) in [7, 11) is -1.61. The van der Waals surface area contributed by atoms with Crippen LogP contribution in [0.1, 0.15) is 28.6 Å². The molecule has 27 heavy (non-hydrogen) atoms. The second kappa shape index (κ2) is 7.20. The van der Waals surface area contributed by atoms with Crippen molar-refractivity contribution in [3.8, 4) is 0 Å². The molecule has 2 atom stereocenters. The molecule has 1 amide bonds. The van der Waals surface area contributed by atoms with Gasteiger partial charge in [0.2, 0.25) is 0 Å². The van der Waals surface area contributed by atoms with E-state index in [1.807, 2.05) is 0 Å². The number of hydrogen-bond donors (Lipinski definition) is 0. The molecule has 0 N–H and O–H groups in total. The van der Waals surface area contributed by atoms with E-state index >= 15 is 0 Å². The third-order valence-corrected chi connectivity index (χ3v) is 7.81. The number of esters is 1. The number of sulfone groups is 1. The van der Waals surface area contributed by atoms with E-state index in [1.165, 1.54) is 24.9 Å². The predicted molar refractivity (Wildman–Crippen MR) is 101 cm³/mol. The van der Waals surface area contributed by atoms with Crippen LogP contribution in [0.2, 0.25) is 0 Å². The quantitative estimate of drug-likeness (QED) is 0.720. The SMILES string of the molecule is Cc1c(C(=O)O[C@@H](C)C(=O)N(C)[C@@H]2CCS(=O)(=O)C2)sc2cccc(F)c12. The minimum Gasteiger partial charge on any atom is -0.448 e. The van der Waals surface area contributed by atoms with E-state index in [0.29, 0.717) is 22.1 Å². The number of halogens is 1. The number of rotatable bonds is 4. The second-order valence-electron chi connectivity index (χ2n) is 6.72. The molecule has 146 valence electrons. The number of hydrogen-bond acceptors (Lipinski definition) is 6. The monoisotopic (exact) mass is 413 g/mol. The number of carbonyl (C=O) groups is 2. The van der Waals surface area contributed by atoms with Gasteiger partial charge in [-0.1, -0.05) is 6.07 Å². The van der Waals surface area contributed by atoms with Crippen LogP contribution in [0.3, 0.4) is 0 Å². The van der Waals surface area contributed by atoms with Gasteiger partial charge in [0.1, 0.15) is 10.7 Å². The number of benzene rings is 1. The molecule has 0 saturated carbocycles. The number of likely N-dealkylation sites (N-methyl/N-ethyl adjacent to an activating group) is 1. The highest BCUT2D eigenvalue weighted by Crippen LogP contribution is 2.33. The average Bonchev–Trinajstić information content (AvgIpc) is 3.14. The molecule has 0 bridgehead atoms. The minimum absolute atomic E-state index is 0.0516. The van der Waals surface area contributed by atoms with Gasteiger partial charge in [0.15, 0.2) is 15.9 Å². The maximum Gasteiger partial charge on any atom is 0.349 e. The van der Waals surface area contributed by atoms with E-state index in [9.17, 15) is 22.4 Å². The minimum atomic E-state index is -3.13. The van der Waals surface area contributed by atoms with Gasteiger partial charge in [-0.25, -0.2) is 17.6 Å². The molecule has 0 unspecified atom stereocenters. The Morgan fingerprint density at radius 1 is 1.37 bits per heavy atom. The summed E-state index contributed by atoms with van der Waals surface area (Å²) >= 11 is 1.11. The predicted octanol–water partition coefficient (Wildman–Crippen LogP) is 2.54. The van der Waals surface area contributed by atoms with Crippen LogP contribution in [0.4, 0.5) is 4.39 Å². The highest BCUT2D eigenvalue weighted by molar-refractivity contribution is 7.91. The topological polar surface area (TPSA) is 80.8 Å². The zero-order valence-electron chi connectivity index (χ0n) is 15.2. The highest BCUT2D eigenvalue weighted by Gasteiger charge is 2.35. The molecule has 1 aromatic heterocycles. The normalized spacial score (nSPS) is 19.8. The third kappa shape index (κ3) is 3.84. The van der Waals surface area contributed by atoms with Crippen LogP contribution in [0.15, 0.2) is 18.2 Å². The van der Waals surface area contributed by atoms with E-state index in [2.05, 4.69) is 0 Å². The first-order valence-corrected chi connectivity index (χ1v) is 11.1. The molecular formula is C18H20FNO5S2. The first kappa shape index (κ1) is 19.8. The zero-order valence-corrected chi connectivity index (χ0v) is 16.8. The summed E-state index contributed by atoms with van der Waals surface area (Å²) in [5, 5.41) is 0.377. The Morgan fingerprint density at radius 2 is 2.07 bits per heavy atom. The molecule has 1 aliphatic rings. The fourth-order valence-electron chi connectivity index (χ4n) is 3.26. The van der Waals surface area contributed by atoms with Gasteiger partial charge in [-0.15, -0.1) is 11.3 Å². The van der Waals surface area contributed by atoms with Crippen LogP contribution in [0, 0.1) is 12.7 Å². The molecule has 9 heteroatoms. The van der Waals surface area contributed by atoms with Crippen LogP contribution in [-0.2, 0) is 19.4 Å². The maximum absolute atomic E-state index is 14.0. The molecule has 2 heterocycles. The van der Waals surface area contributed by atoms with Crippen molar-refractivity contribution in [2.75, 3.05) is 18.6 Å². The summed E-state index contributed by atoms with van der Waals surface area (Å²) in [6.07, 6.45) is -0.694. The van der Waals surface area contributed by atoms with Crippen LogP contribution < -0.4 is 0 Å². The molecule has 3 rings (SSSR count). The van der Waals surface area contributed by atoms with Crippen LogP contribution in [0.5, 0.6) is 0 Å². The van der Waals surface area contributed by atoms with Crippen molar-refractivity contribution in [2.45, 2.75) is 32.4 Å². The average molecular weight is 413 g/mol. The van der Waals surface area contributed by atoms with Gasteiger partial charge in [0.05, 0.1) is 11.5 Å². The number of ether oxygens (including phenoxy) is 1. The lowest BCUT2D eigenvalue weighted by atomic mass is 10.1. The standard InChI is InChI=1S/C18H20FNO5S2/c1-10-15-13(19)5-4-6-14(15)26-16(10)18(22)25-11(2)17(21)20(3)12-7-8-27(23,24)9-12/h4-6,11-12H,7-9H2,1-3H3/t11-,12+/m0/s1. The number of aryl methyl sites for hydroxylation is 1. The van der Waals surface area contributed by atoms with Crippen molar-refractivity contribution in [3.63, 3.8) is 0 Å². The van der Waals surface area contributed by atoms with Crippen molar-refractivity contribution >= 4 is 43.1 Å². The lowest BCUT2D eigenvalue weighted by Crippen LogP contribution is -2.44. The lowest BCUT2D eigenvalue weighted by Gasteiger charge is -2.26. The summed E-state index contributed by atoms with van der Waals surface area (Å²) in [6, 6.07) is 4.20. The second-order valence-corrected chi connectivity index (χ2v) is 10.0. The Morgan fingerprint density at radius 3 is 2.67 bits per heavy atom. The molecule has 0 aliphatic carbocycles. The number of nitrogens with zero attached hydrogens (tertiary/aromatic N) is 1. The molecule has 0 radical (unpaired) electrons. The summed E-state index contributed by atoms with van der Waals surface area (Å²) in [5.74, 6) is -1.59. The molecular weight excluding hydrogens is 393 g/mol. The van der Waals surface area contributed by atoms with Gasteiger partial charge in [-0.2, -0.15) is 0 Å². The van der Waals surface area contributed by atoms with Gasteiger partial charge < -0.3 is 9.64 Å². The van der Waals surface area contributed by atoms with Crippen molar-refractivity contribution in [3.05, 3.63) is 34.5 Å². The van der Waals surface area contributed by atoms with Crippen molar-refractivity contribution in [1.82, 2.24) is 4.90 Å². The maximum atomic E-state index is 14.0. The third-order valence-electron chi connectivity index (χ3n) is 4.82. The van der Waals surface area contributed by atoms with Crippen molar-refractivity contribution < 1.29 is 27.1 Å². The smallest absolute Gasteiger partial charge is 0.349 e. The van der Waals surface area contributed by atoms with Gasteiger partial charge in [-0.3, -0.25) is 4.79 Å². The Labute approximate surface area is 160 Å². The van der Waals surface area contributed by atoms with E-state index in [4.69, 9.17) is 4.74 Å². The Bertz CT molecular complexity index is 1010. The number of amides is 1. The fourth-order valence-corrected chi connectivity index (χ4v) is 6.14. The summed E-state index contributed by atoms with van der Waals surface area (Å²) in [4.78, 5) is 26.6. The zero-order chi connectivity index (χ0) is 19.9. The first-order chi connectivity index (χ1) is 12.6. The first-order valence-electron chi connectivity index (χ1n) is 8.46. The lowest BCUT2D eigenvalue weighted by molar-refractivity contribution is -0.140. The van der Waals surface area contributed by atoms with Crippen LogP contribution in [0.25, 0.3) is 10.1 Å². The molecule has 1 saturated heterocycles. The van der Waals surface area contributed by atoms with Gasteiger partial charge in [-0.05, 0) is 38.0 Å². The molecule has 1 aromatic carbocycles. The highest BCUT2D eigenvalue weighted by atomic mass is 32.2. The Hall–Kier alpha value is -2.00. The van der Waals surface area contributed by atoms with Crippen LogP contribution in [-0.4, -0.2) is 55.9 Å². The van der Waals surface area contributed by atoms with E-state index < -0.39 is 39.7 Å². The fraction of sp³-hybridized carbons (Fsp3) is 0.444. The molecule has 2 aromatic rings. The number of carbonyl (C=O) groups excluding carboxylic acids is 2. The Balaban J connectivity index is 1.73. The van der Waals surface area contributed by atoms with Crippen molar-refractivity contribution in [1.29, 1.82) is 0 Å². The van der Waals surface area contributed by atoms with E-state index in [0.717, 1.165) is 11.3 Å². The van der Waals surface area contributed by atoms with E-state index in [-0.39, 0.29) is 16.4 Å². The van der Waals surface area contributed by atoms with Gasteiger partial charge in [0.25, 0.3) is 5.91 Å². The Kier molecular flexibility index (Phi) is 5.27.